The van der Waals surface area contributed by atoms with Crippen molar-refractivity contribution in [2.24, 2.45) is 5.92 Å². The van der Waals surface area contributed by atoms with E-state index in [1.165, 1.54) is 22.5 Å². The number of carbonyl (C=O) groups excluding carboxylic acids is 1. The predicted molar refractivity (Wildman–Crippen MR) is 118 cm³/mol. The van der Waals surface area contributed by atoms with E-state index in [9.17, 15) is 26.4 Å². The molecule has 5 nitrogen and oxygen atoms in total. The first-order valence-corrected chi connectivity index (χ1v) is 12.2. The van der Waals surface area contributed by atoms with Gasteiger partial charge in [0.05, 0.1) is 17.0 Å². The number of nitrogens with zero attached hydrogens (tertiary/aromatic N) is 1. The molecule has 0 aromatic heterocycles. The lowest BCUT2D eigenvalue weighted by Crippen LogP contribution is -2.42. The molecule has 1 aliphatic rings. The molecule has 1 aliphatic heterocycles. The minimum absolute atomic E-state index is 0.0678. The molecule has 0 unspecified atom stereocenters. The number of sulfonamides is 1. The van der Waals surface area contributed by atoms with E-state index in [1.807, 2.05) is 0 Å². The summed E-state index contributed by atoms with van der Waals surface area (Å²) >= 11 is 17.5. The third kappa shape index (κ3) is 6.08. The molecule has 1 fully saturated rings. The van der Waals surface area contributed by atoms with E-state index in [4.69, 9.17) is 34.8 Å². The fourth-order valence-electron chi connectivity index (χ4n) is 3.42. The molecule has 1 heterocycles. The molecule has 1 N–H and O–H groups in total. The highest BCUT2D eigenvalue weighted by molar-refractivity contribution is 7.88. The maximum absolute atomic E-state index is 13.2. The molecule has 1 saturated heterocycles. The average molecular weight is 530 g/mol. The third-order valence-corrected chi connectivity index (χ3v) is 7.77. The van der Waals surface area contributed by atoms with E-state index in [0.29, 0.717) is 10.6 Å². The predicted octanol–water partition coefficient (Wildman–Crippen LogP) is 5.85. The molecule has 0 saturated carbocycles. The highest BCUT2D eigenvalue weighted by atomic mass is 35.5. The van der Waals surface area contributed by atoms with Gasteiger partial charge in [-0.3, -0.25) is 4.79 Å². The summed E-state index contributed by atoms with van der Waals surface area (Å²) in [6, 6.07) is 7.63. The number of anilines is 1. The summed E-state index contributed by atoms with van der Waals surface area (Å²) in [7, 11) is -3.70. The van der Waals surface area contributed by atoms with Gasteiger partial charge in [0.2, 0.25) is 15.9 Å². The Kier molecular flexibility index (Phi) is 7.66. The number of nitrogens with one attached hydrogen (secondary N) is 1. The molecular weight excluding hydrogens is 512 g/mol. The van der Waals surface area contributed by atoms with Gasteiger partial charge in [0, 0.05) is 34.1 Å². The summed E-state index contributed by atoms with van der Waals surface area (Å²) in [4.78, 5) is 12.5. The minimum atomic E-state index is -4.69. The first kappa shape index (κ1) is 25.1. The summed E-state index contributed by atoms with van der Waals surface area (Å²) < 4.78 is 66.4. The average Bonchev–Trinajstić information content (AvgIpc) is 2.70. The Balaban J connectivity index is 1.64. The van der Waals surface area contributed by atoms with Gasteiger partial charge in [0.15, 0.2) is 0 Å². The second-order valence-corrected chi connectivity index (χ2v) is 10.6. The fourth-order valence-corrected chi connectivity index (χ4v) is 5.74. The van der Waals surface area contributed by atoms with Gasteiger partial charge in [-0.1, -0.05) is 40.9 Å². The van der Waals surface area contributed by atoms with Crippen molar-refractivity contribution in [2.75, 3.05) is 18.4 Å². The first-order valence-electron chi connectivity index (χ1n) is 9.46. The van der Waals surface area contributed by atoms with Crippen LogP contribution < -0.4 is 5.32 Å². The lowest BCUT2D eigenvalue weighted by Gasteiger charge is -2.31. The number of benzene rings is 2. The van der Waals surface area contributed by atoms with E-state index in [-0.39, 0.29) is 47.4 Å². The van der Waals surface area contributed by atoms with Crippen LogP contribution in [0.5, 0.6) is 0 Å². The Hall–Kier alpha value is -1.52. The molecule has 1 amide bonds. The number of carbonyl (C=O) groups is 1. The van der Waals surface area contributed by atoms with Gasteiger partial charge >= 0.3 is 6.18 Å². The van der Waals surface area contributed by atoms with Crippen LogP contribution in [-0.4, -0.2) is 31.7 Å². The van der Waals surface area contributed by atoms with Crippen LogP contribution in [-0.2, 0) is 26.7 Å². The van der Waals surface area contributed by atoms with Crippen molar-refractivity contribution in [3.63, 3.8) is 0 Å². The normalized spacial score (nSPS) is 16.2. The first-order chi connectivity index (χ1) is 14.9. The van der Waals surface area contributed by atoms with E-state index < -0.39 is 33.6 Å². The Labute approximate surface area is 198 Å². The summed E-state index contributed by atoms with van der Waals surface area (Å²) in [5.74, 6) is -1.55. The molecule has 0 atom stereocenters. The molecule has 32 heavy (non-hydrogen) atoms. The molecule has 0 aliphatic carbocycles. The molecule has 3 rings (SSSR count). The van der Waals surface area contributed by atoms with Gasteiger partial charge < -0.3 is 5.32 Å². The zero-order valence-electron chi connectivity index (χ0n) is 16.4. The van der Waals surface area contributed by atoms with Crippen LogP contribution in [0.4, 0.5) is 18.9 Å². The lowest BCUT2D eigenvalue weighted by atomic mass is 9.97. The lowest BCUT2D eigenvalue weighted by molar-refractivity contribution is -0.137. The van der Waals surface area contributed by atoms with Crippen molar-refractivity contribution in [1.29, 1.82) is 0 Å². The zero-order valence-corrected chi connectivity index (χ0v) is 19.5. The number of piperidine rings is 1. The largest absolute Gasteiger partial charge is 0.418 e. The third-order valence-electron chi connectivity index (χ3n) is 5.12. The molecule has 2 aromatic carbocycles. The van der Waals surface area contributed by atoms with Crippen LogP contribution in [0.2, 0.25) is 15.1 Å². The van der Waals surface area contributed by atoms with Crippen LogP contribution in [0.3, 0.4) is 0 Å². The Morgan fingerprint density at radius 3 is 2.22 bits per heavy atom. The van der Waals surface area contributed by atoms with Gasteiger partial charge in [0.1, 0.15) is 0 Å². The Bertz CT molecular complexity index is 1120. The van der Waals surface area contributed by atoms with Gasteiger partial charge in [-0.05, 0) is 48.7 Å². The summed E-state index contributed by atoms with van der Waals surface area (Å²) in [6.45, 7) is 0.136. The summed E-state index contributed by atoms with van der Waals surface area (Å²) in [5, 5.41) is 2.82. The summed E-state index contributed by atoms with van der Waals surface area (Å²) in [5.41, 5.74) is -1.03. The van der Waals surface area contributed by atoms with Gasteiger partial charge in [-0.15, -0.1) is 0 Å². The summed E-state index contributed by atoms with van der Waals surface area (Å²) in [6.07, 6.45) is -4.34. The van der Waals surface area contributed by atoms with Crippen LogP contribution in [0, 0.1) is 5.92 Å². The molecule has 12 heteroatoms. The Morgan fingerprint density at radius 1 is 1.03 bits per heavy atom. The number of amides is 1. The van der Waals surface area contributed by atoms with Crippen molar-refractivity contribution < 1.29 is 26.4 Å². The monoisotopic (exact) mass is 528 g/mol. The SMILES string of the molecule is O=C(Nc1ccc(Cl)cc1C(F)(F)F)C1CCN(S(=O)(=O)Cc2ccc(Cl)cc2Cl)CC1. The van der Waals surface area contributed by atoms with Crippen molar-refractivity contribution >= 4 is 56.4 Å². The number of hydrogen-bond donors (Lipinski definition) is 1. The molecule has 0 spiro atoms. The molecule has 0 radical (unpaired) electrons. The molecular formula is C20H18Cl3F3N2O3S. The van der Waals surface area contributed by atoms with Crippen LogP contribution in [0.1, 0.15) is 24.0 Å². The molecule has 0 bridgehead atoms. The van der Waals surface area contributed by atoms with Crippen molar-refractivity contribution in [3.8, 4) is 0 Å². The number of rotatable bonds is 5. The van der Waals surface area contributed by atoms with E-state index >= 15 is 0 Å². The van der Waals surface area contributed by atoms with E-state index in [0.717, 1.165) is 12.1 Å². The zero-order chi connectivity index (χ0) is 23.7. The second-order valence-electron chi connectivity index (χ2n) is 7.34. The van der Waals surface area contributed by atoms with Crippen LogP contribution in [0.25, 0.3) is 0 Å². The second kappa shape index (κ2) is 9.77. The quantitative estimate of drug-likeness (QED) is 0.529. The highest BCUT2D eigenvalue weighted by Crippen LogP contribution is 2.37. The van der Waals surface area contributed by atoms with Crippen molar-refractivity contribution in [3.05, 3.63) is 62.6 Å². The van der Waals surface area contributed by atoms with Gasteiger partial charge in [-0.2, -0.15) is 13.2 Å². The highest BCUT2D eigenvalue weighted by Gasteiger charge is 2.36. The fraction of sp³-hybridized carbons (Fsp3) is 0.350. The van der Waals surface area contributed by atoms with Gasteiger partial charge in [0.25, 0.3) is 0 Å². The van der Waals surface area contributed by atoms with Crippen LogP contribution >= 0.6 is 34.8 Å². The smallest absolute Gasteiger partial charge is 0.325 e. The maximum atomic E-state index is 13.2. The number of alkyl halides is 3. The van der Waals surface area contributed by atoms with E-state index in [2.05, 4.69) is 5.32 Å². The van der Waals surface area contributed by atoms with Crippen LogP contribution in [0.15, 0.2) is 36.4 Å². The Morgan fingerprint density at radius 2 is 1.62 bits per heavy atom. The van der Waals surface area contributed by atoms with Gasteiger partial charge in [-0.25, -0.2) is 12.7 Å². The number of halogens is 6. The van der Waals surface area contributed by atoms with E-state index in [1.54, 1.807) is 6.07 Å². The molecule has 174 valence electrons. The molecule has 2 aromatic rings. The number of hydrogen-bond acceptors (Lipinski definition) is 3. The van der Waals surface area contributed by atoms with Crippen molar-refractivity contribution in [2.45, 2.75) is 24.8 Å². The minimum Gasteiger partial charge on any atom is -0.325 e. The maximum Gasteiger partial charge on any atom is 0.418 e. The standard InChI is InChI=1S/C20H18Cl3F3N2O3S/c21-14-3-4-18(16(9-14)20(24,25)26)27-19(29)12-5-7-28(8-6-12)32(30,31)11-13-1-2-15(22)10-17(13)23/h1-4,9-10,12H,5-8,11H2,(H,27,29). The topological polar surface area (TPSA) is 66.5 Å². The van der Waals surface area contributed by atoms with Crippen molar-refractivity contribution in [1.82, 2.24) is 4.31 Å².